The normalized spacial score (nSPS) is 17.8. The van der Waals surface area contributed by atoms with E-state index in [0.29, 0.717) is 0 Å². The molecule has 0 amide bonds. The summed E-state index contributed by atoms with van der Waals surface area (Å²) in [7, 11) is 0. The third kappa shape index (κ3) is 3.61. The molecule has 0 saturated heterocycles. The van der Waals surface area contributed by atoms with Gasteiger partial charge in [-0.3, -0.25) is 0 Å². The fourth-order valence-corrected chi connectivity index (χ4v) is 3.07. The first-order chi connectivity index (χ1) is 9.71. The number of nitrogens with one attached hydrogen (secondary N) is 2. The van der Waals surface area contributed by atoms with E-state index in [9.17, 15) is 5.11 Å². The summed E-state index contributed by atoms with van der Waals surface area (Å²) in [6.07, 6.45) is 8.11. The smallest absolute Gasteiger partial charge is 0.146 e. The van der Waals surface area contributed by atoms with Gasteiger partial charge in [-0.2, -0.15) is 0 Å². The van der Waals surface area contributed by atoms with Crippen LogP contribution < -0.4 is 10.6 Å². The molecule has 5 nitrogen and oxygen atoms in total. The van der Waals surface area contributed by atoms with Gasteiger partial charge in [0.2, 0.25) is 0 Å². The summed E-state index contributed by atoms with van der Waals surface area (Å²) >= 11 is 3.56. The topological polar surface area (TPSA) is 70.1 Å². The number of hydrogen-bond donors (Lipinski definition) is 3. The van der Waals surface area contributed by atoms with Gasteiger partial charge in [-0.15, -0.1) is 0 Å². The molecule has 1 aromatic heterocycles. The van der Waals surface area contributed by atoms with Gasteiger partial charge >= 0.3 is 0 Å². The number of aromatic nitrogens is 2. The Kier molecular flexibility index (Phi) is 5.60. The van der Waals surface area contributed by atoms with Crippen LogP contribution in [0.3, 0.4) is 0 Å². The van der Waals surface area contributed by atoms with Gasteiger partial charge in [0.25, 0.3) is 0 Å². The van der Waals surface area contributed by atoms with Crippen molar-refractivity contribution in [3.8, 4) is 0 Å². The van der Waals surface area contributed by atoms with Crippen molar-refractivity contribution in [1.29, 1.82) is 0 Å². The molecule has 0 aliphatic heterocycles. The predicted molar refractivity (Wildman–Crippen MR) is 85.0 cm³/mol. The number of aliphatic hydroxyl groups is 1. The van der Waals surface area contributed by atoms with E-state index in [2.05, 4.69) is 43.5 Å². The van der Waals surface area contributed by atoms with Gasteiger partial charge in [-0.05, 0) is 35.2 Å². The van der Waals surface area contributed by atoms with Crippen LogP contribution in [0.15, 0.2) is 10.8 Å². The summed E-state index contributed by atoms with van der Waals surface area (Å²) in [5, 5.41) is 16.5. The second-order valence-electron chi connectivity index (χ2n) is 5.44. The van der Waals surface area contributed by atoms with Crippen LogP contribution in [-0.2, 0) is 0 Å². The molecule has 3 N–H and O–H groups in total. The van der Waals surface area contributed by atoms with Crippen molar-refractivity contribution >= 4 is 27.6 Å². The second kappa shape index (κ2) is 7.22. The number of halogens is 1. The predicted octanol–water partition coefficient (Wildman–Crippen LogP) is 3.17. The van der Waals surface area contributed by atoms with E-state index in [1.165, 1.54) is 6.42 Å². The second-order valence-corrected chi connectivity index (χ2v) is 6.23. The van der Waals surface area contributed by atoms with Crippen LogP contribution >= 0.6 is 15.9 Å². The molecule has 20 heavy (non-hydrogen) atoms. The van der Waals surface area contributed by atoms with Gasteiger partial charge in [-0.25, -0.2) is 9.97 Å². The molecule has 0 bridgehead atoms. The minimum Gasteiger partial charge on any atom is -0.394 e. The van der Waals surface area contributed by atoms with Gasteiger partial charge in [0, 0.05) is 6.54 Å². The first-order valence-corrected chi connectivity index (χ1v) is 8.13. The van der Waals surface area contributed by atoms with E-state index in [1.807, 2.05) is 0 Å². The van der Waals surface area contributed by atoms with Gasteiger partial charge in [0.05, 0.1) is 12.1 Å². The highest BCUT2D eigenvalue weighted by Crippen LogP contribution is 2.34. The molecule has 1 heterocycles. The van der Waals surface area contributed by atoms with E-state index in [0.717, 1.165) is 54.8 Å². The SMILES string of the molecule is CCCNc1ncnc(NC2(CO)CCCCC2)c1Br. The van der Waals surface area contributed by atoms with Crippen molar-refractivity contribution < 1.29 is 5.11 Å². The maximum absolute atomic E-state index is 9.77. The molecule has 1 saturated carbocycles. The zero-order chi connectivity index (χ0) is 14.4. The molecule has 1 aromatic rings. The highest BCUT2D eigenvalue weighted by atomic mass is 79.9. The average molecular weight is 343 g/mol. The van der Waals surface area contributed by atoms with Crippen LogP contribution in [0.5, 0.6) is 0 Å². The number of rotatable bonds is 6. The van der Waals surface area contributed by atoms with Crippen LogP contribution in [-0.4, -0.2) is 33.8 Å². The van der Waals surface area contributed by atoms with Crippen LogP contribution in [0.4, 0.5) is 11.6 Å². The third-order valence-electron chi connectivity index (χ3n) is 3.83. The lowest BCUT2D eigenvalue weighted by Gasteiger charge is -2.37. The largest absolute Gasteiger partial charge is 0.394 e. The molecule has 0 atom stereocenters. The van der Waals surface area contributed by atoms with Crippen molar-refractivity contribution in [3.05, 3.63) is 10.8 Å². The lowest BCUT2D eigenvalue weighted by atomic mass is 9.82. The number of hydrogen-bond acceptors (Lipinski definition) is 5. The number of nitrogens with zero attached hydrogens (tertiary/aromatic N) is 2. The number of anilines is 2. The highest BCUT2D eigenvalue weighted by Gasteiger charge is 2.32. The van der Waals surface area contributed by atoms with Gasteiger partial charge in [0.15, 0.2) is 0 Å². The first-order valence-electron chi connectivity index (χ1n) is 7.34. The molecule has 6 heteroatoms. The summed E-state index contributed by atoms with van der Waals surface area (Å²) in [6.45, 7) is 3.13. The summed E-state index contributed by atoms with van der Waals surface area (Å²) in [6, 6.07) is 0. The molecule has 1 aliphatic carbocycles. The maximum atomic E-state index is 9.77. The zero-order valence-corrected chi connectivity index (χ0v) is 13.5. The third-order valence-corrected chi connectivity index (χ3v) is 4.58. The van der Waals surface area contributed by atoms with Crippen molar-refractivity contribution in [3.63, 3.8) is 0 Å². The molecule has 2 rings (SSSR count). The fraction of sp³-hybridized carbons (Fsp3) is 0.714. The molecule has 0 unspecified atom stereocenters. The molecule has 0 spiro atoms. The van der Waals surface area contributed by atoms with E-state index in [1.54, 1.807) is 6.33 Å². The summed E-state index contributed by atoms with van der Waals surface area (Å²) < 4.78 is 0.840. The van der Waals surface area contributed by atoms with Gasteiger partial charge < -0.3 is 15.7 Å². The van der Waals surface area contributed by atoms with Gasteiger partial charge in [-0.1, -0.05) is 26.2 Å². The van der Waals surface area contributed by atoms with E-state index >= 15 is 0 Å². The monoisotopic (exact) mass is 342 g/mol. The Morgan fingerprint density at radius 1 is 1.25 bits per heavy atom. The molecule has 1 aliphatic rings. The van der Waals surface area contributed by atoms with Crippen LogP contribution in [0.1, 0.15) is 45.4 Å². The zero-order valence-electron chi connectivity index (χ0n) is 12.0. The fourth-order valence-electron chi connectivity index (χ4n) is 2.63. The first kappa shape index (κ1) is 15.5. The Balaban J connectivity index is 2.15. The highest BCUT2D eigenvalue weighted by molar-refractivity contribution is 9.10. The molecular weight excluding hydrogens is 320 g/mol. The molecule has 0 radical (unpaired) electrons. The summed E-state index contributed by atoms with van der Waals surface area (Å²) in [4.78, 5) is 8.56. The van der Waals surface area contributed by atoms with E-state index in [-0.39, 0.29) is 12.1 Å². The minimum atomic E-state index is -0.239. The molecule has 0 aromatic carbocycles. The molecular formula is C14H23BrN4O. The standard InChI is InChI=1S/C14H23BrN4O/c1-2-8-16-12-11(15)13(18-10-17-12)19-14(9-20)6-4-3-5-7-14/h10,20H,2-9H2,1H3,(H2,16,17,18,19). The van der Waals surface area contributed by atoms with E-state index < -0.39 is 0 Å². The maximum Gasteiger partial charge on any atom is 0.146 e. The van der Waals surface area contributed by atoms with Gasteiger partial charge in [0.1, 0.15) is 22.4 Å². The van der Waals surface area contributed by atoms with Crippen molar-refractivity contribution in [2.24, 2.45) is 0 Å². The van der Waals surface area contributed by atoms with Crippen LogP contribution in [0.2, 0.25) is 0 Å². The lowest BCUT2D eigenvalue weighted by Crippen LogP contribution is -2.44. The van der Waals surface area contributed by atoms with Crippen molar-refractivity contribution in [2.45, 2.75) is 51.0 Å². The number of aliphatic hydroxyl groups excluding tert-OH is 1. The molecule has 112 valence electrons. The summed E-state index contributed by atoms with van der Waals surface area (Å²) in [5.74, 6) is 1.56. The quantitative estimate of drug-likeness (QED) is 0.740. The molecule has 1 fully saturated rings. The van der Waals surface area contributed by atoms with Crippen LogP contribution in [0, 0.1) is 0 Å². The lowest BCUT2D eigenvalue weighted by molar-refractivity contribution is 0.172. The Morgan fingerprint density at radius 2 is 1.95 bits per heavy atom. The van der Waals surface area contributed by atoms with Crippen LogP contribution in [0.25, 0.3) is 0 Å². The van der Waals surface area contributed by atoms with Crippen molar-refractivity contribution in [2.75, 3.05) is 23.8 Å². The Hall–Kier alpha value is -0.880. The Labute approximate surface area is 128 Å². The Bertz CT molecular complexity index is 435. The average Bonchev–Trinajstić information content (AvgIpc) is 2.49. The Morgan fingerprint density at radius 3 is 2.60 bits per heavy atom. The van der Waals surface area contributed by atoms with Crippen molar-refractivity contribution in [1.82, 2.24) is 9.97 Å². The summed E-state index contributed by atoms with van der Waals surface area (Å²) in [5.41, 5.74) is -0.239. The van der Waals surface area contributed by atoms with E-state index in [4.69, 9.17) is 0 Å². The minimum absolute atomic E-state index is 0.140.